The lowest BCUT2D eigenvalue weighted by Gasteiger charge is -2.36. The lowest BCUT2D eigenvalue weighted by Crippen LogP contribution is -2.45. The molecular formula is C32H32F3N5O6. The highest BCUT2D eigenvalue weighted by atomic mass is 19.4. The summed E-state index contributed by atoms with van der Waals surface area (Å²) in [5.41, 5.74) is 3.02. The summed E-state index contributed by atoms with van der Waals surface area (Å²) >= 11 is 0. The fraction of sp³-hybridized carbons (Fsp3) is 0.344. The summed E-state index contributed by atoms with van der Waals surface area (Å²) in [5, 5.41) is 11.0. The molecule has 1 fully saturated rings. The van der Waals surface area contributed by atoms with Crippen molar-refractivity contribution < 1.29 is 37.0 Å². The molecule has 0 N–H and O–H groups in total. The number of piperazine rings is 1. The van der Waals surface area contributed by atoms with Crippen LogP contribution in [0.25, 0.3) is 0 Å². The molecule has 1 atom stereocenters. The lowest BCUT2D eigenvalue weighted by atomic mass is 10.1. The molecule has 242 valence electrons. The Bertz CT molecular complexity index is 1610. The average Bonchev–Trinajstić information content (AvgIpc) is 3.48. The second-order valence-corrected chi connectivity index (χ2v) is 11.1. The third-order valence-electron chi connectivity index (χ3n) is 7.78. The molecule has 3 aromatic carbocycles. The van der Waals surface area contributed by atoms with Gasteiger partial charge in [-0.1, -0.05) is 24.3 Å². The molecule has 46 heavy (non-hydrogen) atoms. The van der Waals surface area contributed by atoms with Gasteiger partial charge >= 0.3 is 18.2 Å². The fourth-order valence-corrected chi connectivity index (χ4v) is 5.35. The summed E-state index contributed by atoms with van der Waals surface area (Å²) in [7, 11) is 0. The zero-order valence-electron chi connectivity index (χ0n) is 24.8. The zero-order valence-corrected chi connectivity index (χ0v) is 24.8. The maximum absolute atomic E-state index is 12.3. The topological polar surface area (TPSA) is 104 Å². The van der Waals surface area contributed by atoms with Crippen LogP contribution in [0.15, 0.2) is 79.0 Å². The zero-order chi connectivity index (χ0) is 32.1. The second-order valence-electron chi connectivity index (χ2n) is 11.1. The van der Waals surface area contributed by atoms with Gasteiger partial charge in [-0.05, 0) is 64.6 Å². The Hall–Kier alpha value is -4.98. The normalized spacial score (nSPS) is 16.8. The lowest BCUT2D eigenvalue weighted by molar-refractivity contribution is -0.389. The molecule has 0 aliphatic carbocycles. The average molecular weight is 640 g/mol. The molecule has 3 heterocycles. The molecule has 2 aliphatic rings. The van der Waals surface area contributed by atoms with E-state index in [1.807, 2.05) is 36.4 Å². The van der Waals surface area contributed by atoms with Gasteiger partial charge in [-0.15, -0.1) is 13.2 Å². The first-order chi connectivity index (χ1) is 22.2. The molecule has 0 bridgehead atoms. The minimum atomic E-state index is -4.71. The number of nitrogens with zero attached hydrogens (tertiary/aromatic N) is 5. The van der Waals surface area contributed by atoms with Crippen LogP contribution in [0.5, 0.6) is 23.3 Å². The third kappa shape index (κ3) is 8.18. The van der Waals surface area contributed by atoms with Gasteiger partial charge in [-0.2, -0.15) is 0 Å². The standard InChI is InChI=1S/C32H32F3N5O6/c33-32(34,35)46-28-9-3-24(4-10-28)21-43-27-11-5-25(6-12-27)38-17-15-37(16-18-38)19-23-1-7-26(8-2-23)44-22-29-13-14-39-20-30(40(41)42)36-31(39)45-29/h1-12,20,29H,13-19,21-22H2. The number of hydrogen-bond acceptors (Lipinski definition) is 9. The van der Waals surface area contributed by atoms with Crippen LogP contribution in [0.1, 0.15) is 17.5 Å². The Morgan fingerprint density at radius 3 is 2.15 bits per heavy atom. The van der Waals surface area contributed by atoms with E-state index < -0.39 is 11.3 Å². The van der Waals surface area contributed by atoms with Crippen molar-refractivity contribution in [2.75, 3.05) is 37.7 Å². The molecular weight excluding hydrogens is 607 g/mol. The van der Waals surface area contributed by atoms with E-state index in [1.54, 1.807) is 16.7 Å². The molecule has 0 radical (unpaired) electrons. The monoisotopic (exact) mass is 639 g/mol. The summed E-state index contributed by atoms with van der Waals surface area (Å²) in [6.07, 6.45) is -2.89. The number of aryl methyl sites for hydroxylation is 1. The highest BCUT2D eigenvalue weighted by Crippen LogP contribution is 2.26. The number of alkyl halides is 3. The first-order valence-electron chi connectivity index (χ1n) is 14.8. The van der Waals surface area contributed by atoms with Crippen molar-refractivity contribution in [3.63, 3.8) is 0 Å². The molecule has 0 spiro atoms. The van der Waals surface area contributed by atoms with Gasteiger partial charge in [0.1, 0.15) is 42.8 Å². The number of fused-ring (bicyclic) bond motifs is 1. The van der Waals surface area contributed by atoms with E-state index in [9.17, 15) is 23.3 Å². The van der Waals surface area contributed by atoms with Crippen molar-refractivity contribution in [3.05, 3.63) is 100 Å². The Morgan fingerprint density at radius 2 is 1.48 bits per heavy atom. The highest BCUT2D eigenvalue weighted by molar-refractivity contribution is 5.49. The number of aromatic nitrogens is 2. The quantitative estimate of drug-likeness (QED) is 0.148. The number of imidazole rings is 1. The van der Waals surface area contributed by atoms with Gasteiger partial charge in [-0.3, -0.25) is 9.47 Å². The van der Waals surface area contributed by atoms with Crippen LogP contribution in [0.3, 0.4) is 0 Å². The van der Waals surface area contributed by atoms with Crippen LogP contribution in [0.4, 0.5) is 24.7 Å². The maximum Gasteiger partial charge on any atom is 0.573 e. The van der Waals surface area contributed by atoms with E-state index in [2.05, 4.69) is 31.7 Å². The molecule has 2 aliphatic heterocycles. The number of nitro groups is 1. The first-order valence-corrected chi connectivity index (χ1v) is 14.8. The number of anilines is 1. The molecule has 1 aromatic heterocycles. The summed E-state index contributed by atoms with van der Waals surface area (Å²) in [4.78, 5) is 19.1. The Kier molecular flexibility index (Phi) is 9.15. The largest absolute Gasteiger partial charge is 0.573 e. The van der Waals surface area contributed by atoms with Gasteiger partial charge in [0.15, 0.2) is 0 Å². The maximum atomic E-state index is 12.3. The molecule has 0 amide bonds. The van der Waals surface area contributed by atoms with Gasteiger partial charge in [0.05, 0.1) is 0 Å². The number of benzene rings is 3. The van der Waals surface area contributed by atoms with Crippen LogP contribution in [0, 0.1) is 10.1 Å². The number of rotatable bonds is 11. The Labute approximate surface area is 262 Å². The smallest absolute Gasteiger partial charge is 0.490 e. The molecule has 4 aromatic rings. The van der Waals surface area contributed by atoms with Gasteiger partial charge in [0.2, 0.25) is 0 Å². The van der Waals surface area contributed by atoms with Crippen LogP contribution in [0.2, 0.25) is 0 Å². The Morgan fingerprint density at radius 1 is 0.848 bits per heavy atom. The highest BCUT2D eigenvalue weighted by Gasteiger charge is 2.31. The van der Waals surface area contributed by atoms with Crippen molar-refractivity contribution >= 4 is 11.5 Å². The van der Waals surface area contributed by atoms with Crippen LogP contribution < -0.4 is 23.8 Å². The number of hydrogen-bond donors (Lipinski definition) is 0. The summed E-state index contributed by atoms with van der Waals surface area (Å²) in [6, 6.07) is 21.7. The van der Waals surface area contributed by atoms with E-state index in [1.165, 1.54) is 23.9 Å². The summed E-state index contributed by atoms with van der Waals surface area (Å²) < 4.78 is 60.1. The predicted molar refractivity (Wildman–Crippen MR) is 161 cm³/mol. The van der Waals surface area contributed by atoms with E-state index in [0.29, 0.717) is 25.3 Å². The molecule has 0 saturated carbocycles. The van der Waals surface area contributed by atoms with Gasteiger partial charge in [-0.25, -0.2) is 0 Å². The van der Waals surface area contributed by atoms with Crippen LogP contribution in [-0.4, -0.2) is 64.6 Å². The van der Waals surface area contributed by atoms with Gasteiger partial charge < -0.3 is 34.0 Å². The van der Waals surface area contributed by atoms with Crippen LogP contribution in [-0.2, 0) is 19.7 Å². The minimum Gasteiger partial charge on any atom is -0.490 e. The molecule has 11 nitrogen and oxygen atoms in total. The predicted octanol–water partition coefficient (Wildman–Crippen LogP) is 5.82. The second kappa shape index (κ2) is 13.6. The van der Waals surface area contributed by atoms with Crippen molar-refractivity contribution in [2.45, 2.75) is 38.6 Å². The van der Waals surface area contributed by atoms with E-state index in [4.69, 9.17) is 14.2 Å². The summed E-state index contributed by atoms with van der Waals surface area (Å²) in [6.45, 7) is 5.57. The van der Waals surface area contributed by atoms with E-state index >= 15 is 0 Å². The van der Waals surface area contributed by atoms with Crippen molar-refractivity contribution in [2.24, 2.45) is 0 Å². The number of halogens is 3. The van der Waals surface area contributed by atoms with Crippen LogP contribution >= 0.6 is 0 Å². The van der Waals surface area contributed by atoms with Crippen molar-refractivity contribution in [3.8, 4) is 23.3 Å². The van der Waals surface area contributed by atoms with Gasteiger partial charge in [0, 0.05) is 56.4 Å². The van der Waals surface area contributed by atoms with E-state index in [-0.39, 0.29) is 30.3 Å². The summed E-state index contributed by atoms with van der Waals surface area (Å²) in [5.74, 6) is 0.925. The molecule has 6 rings (SSSR count). The van der Waals surface area contributed by atoms with Crippen molar-refractivity contribution in [1.82, 2.24) is 14.5 Å². The molecule has 1 unspecified atom stereocenters. The van der Waals surface area contributed by atoms with E-state index in [0.717, 1.165) is 49.7 Å². The van der Waals surface area contributed by atoms with Gasteiger partial charge in [0.25, 0.3) is 0 Å². The number of ether oxygens (including phenoxy) is 4. The van der Waals surface area contributed by atoms with Crippen molar-refractivity contribution in [1.29, 1.82) is 0 Å². The Balaban J connectivity index is 0.906. The SMILES string of the molecule is O=[N+]([O-])c1cn2c(n1)OC(COc1ccc(CN3CCN(c4ccc(OCc5ccc(OC(F)(F)F)cc5)cc4)CC3)cc1)CC2. The first kappa shape index (κ1) is 31.0. The molecule has 14 heteroatoms. The third-order valence-corrected chi connectivity index (χ3v) is 7.78. The fourth-order valence-electron chi connectivity index (χ4n) is 5.35. The molecule has 1 saturated heterocycles. The minimum absolute atomic E-state index is 0.221.